The van der Waals surface area contributed by atoms with Crippen molar-refractivity contribution >= 4 is 10.1 Å². The molecule has 20 heavy (non-hydrogen) atoms. The number of hydrogen-bond donors (Lipinski definition) is 0. The van der Waals surface area contributed by atoms with Crippen molar-refractivity contribution < 1.29 is 56.8 Å². The van der Waals surface area contributed by atoms with Gasteiger partial charge >= 0.3 is 35.4 Å². The van der Waals surface area contributed by atoms with E-state index >= 15 is 0 Å². The van der Waals surface area contributed by atoms with Crippen molar-refractivity contribution in [1.29, 1.82) is 0 Å². The van der Waals surface area contributed by atoms with Crippen molar-refractivity contribution in [3.63, 3.8) is 0 Å². The maximum Gasteiger partial charge on any atom is 1.00 e. The summed E-state index contributed by atoms with van der Waals surface area (Å²) >= 11 is 0. The first-order valence-corrected chi connectivity index (χ1v) is 6.76. The summed E-state index contributed by atoms with van der Waals surface area (Å²) in [4.78, 5) is 0.149. The molecule has 0 aliphatic rings. The van der Waals surface area contributed by atoms with E-state index in [9.17, 15) is 18.2 Å². The Morgan fingerprint density at radius 2 is 1.95 bits per heavy atom. The molecule has 1 aromatic carbocycles. The minimum atomic E-state index is -4.38. The van der Waals surface area contributed by atoms with E-state index in [1.807, 2.05) is 0 Å². The van der Waals surface area contributed by atoms with E-state index in [-0.39, 0.29) is 46.0 Å². The molecular weight excluding hydrogens is 299 g/mol. The van der Waals surface area contributed by atoms with Crippen LogP contribution in [0, 0.1) is 5.21 Å². The zero-order valence-electron chi connectivity index (χ0n) is 10.6. The second-order valence-electron chi connectivity index (χ2n) is 3.56. The van der Waals surface area contributed by atoms with Crippen LogP contribution in [0.1, 0.15) is 0 Å². The number of aromatic nitrogens is 2. The molecule has 0 aliphatic carbocycles. The average molecular weight is 308 g/mol. The molecule has 0 unspecified atom stereocenters. The van der Waals surface area contributed by atoms with Gasteiger partial charge in [-0.05, 0) is 4.90 Å². The molecule has 0 amide bonds. The molecule has 2 aromatic rings. The van der Waals surface area contributed by atoms with Crippen molar-refractivity contribution in [3.8, 4) is 17.1 Å². The standard InChI is InChI=1S/C10H10N2O6S.Na/c13-12-9(8-4-2-1-3-5-8)10(11-18-12)17-6-7-19(14,15)16;/h1-5H,6-7H2,(H,14,15,16);/q;+1/p-1. The molecule has 2 rings (SSSR count). The van der Waals surface area contributed by atoms with Crippen molar-refractivity contribution in [2.24, 2.45) is 0 Å². The van der Waals surface area contributed by atoms with Crippen molar-refractivity contribution in [2.75, 3.05) is 12.4 Å². The fourth-order valence-electron chi connectivity index (χ4n) is 1.40. The first-order chi connectivity index (χ1) is 8.97. The van der Waals surface area contributed by atoms with Gasteiger partial charge < -0.3 is 14.5 Å². The second kappa shape index (κ2) is 7.04. The Kier molecular flexibility index (Phi) is 5.96. The molecule has 10 heteroatoms. The monoisotopic (exact) mass is 308 g/mol. The third-order valence-corrected chi connectivity index (χ3v) is 2.87. The largest absolute Gasteiger partial charge is 1.00 e. The predicted octanol–water partition coefficient (Wildman–Crippen LogP) is -3.10. The van der Waals surface area contributed by atoms with Crippen LogP contribution in [-0.2, 0) is 10.1 Å². The van der Waals surface area contributed by atoms with E-state index in [1.54, 1.807) is 30.3 Å². The van der Waals surface area contributed by atoms with E-state index in [2.05, 4.69) is 9.79 Å². The fourth-order valence-corrected chi connectivity index (χ4v) is 1.68. The van der Waals surface area contributed by atoms with Crippen LogP contribution in [0.2, 0.25) is 0 Å². The van der Waals surface area contributed by atoms with Gasteiger partial charge in [0.2, 0.25) is 0 Å². The minimum Gasteiger partial charge on any atom is -0.748 e. The SMILES string of the molecule is O=S(=O)([O-])CCOc1no[n+]([O-])c1-c1ccccc1.[Na+]. The van der Waals surface area contributed by atoms with Gasteiger partial charge in [0.05, 0.1) is 21.0 Å². The molecule has 0 N–H and O–H groups in total. The van der Waals surface area contributed by atoms with E-state index in [0.29, 0.717) is 5.56 Å². The minimum absolute atomic E-state index is 0. The van der Waals surface area contributed by atoms with Gasteiger partial charge in [-0.2, -0.15) is 0 Å². The van der Waals surface area contributed by atoms with Gasteiger partial charge in [0, 0.05) is 5.56 Å². The summed E-state index contributed by atoms with van der Waals surface area (Å²) in [5.41, 5.74) is 0.516. The number of ether oxygens (including phenoxy) is 1. The molecule has 102 valence electrons. The zero-order valence-corrected chi connectivity index (χ0v) is 13.4. The van der Waals surface area contributed by atoms with Crippen LogP contribution in [0.4, 0.5) is 0 Å². The van der Waals surface area contributed by atoms with Gasteiger partial charge in [-0.15, -0.1) is 0 Å². The summed E-state index contributed by atoms with van der Waals surface area (Å²) in [5, 5.41) is 14.8. The Labute approximate surface area is 136 Å². The number of rotatable bonds is 5. The number of benzene rings is 1. The quantitative estimate of drug-likeness (QED) is 0.326. The third-order valence-electron chi connectivity index (χ3n) is 2.20. The molecule has 0 radical (unpaired) electrons. The van der Waals surface area contributed by atoms with Crippen LogP contribution >= 0.6 is 0 Å². The first-order valence-electron chi connectivity index (χ1n) is 5.19. The van der Waals surface area contributed by atoms with Crippen LogP contribution in [0.25, 0.3) is 11.3 Å². The number of nitrogens with zero attached hydrogens (tertiary/aromatic N) is 2. The molecule has 0 aliphatic heterocycles. The topological polar surface area (TPSA) is 119 Å². The molecule has 0 atom stereocenters. The molecule has 8 nitrogen and oxygen atoms in total. The summed E-state index contributed by atoms with van der Waals surface area (Å²) in [6, 6.07) is 8.44. The molecule has 1 heterocycles. The molecule has 0 fully saturated rings. The Hall–Kier alpha value is -1.13. The van der Waals surface area contributed by atoms with Gasteiger partial charge in [0.15, 0.2) is 0 Å². The van der Waals surface area contributed by atoms with Crippen LogP contribution < -0.4 is 39.2 Å². The van der Waals surface area contributed by atoms with Gasteiger partial charge in [-0.3, -0.25) is 4.63 Å². The van der Waals surface area contributed by atoms with Crippen LogP contribution in [-0.4, -0.2) is 30.5 Å². The Balaban J connectivity index is 0.00000200. The maximum absolute atomic E-state index is 11.4. The average Bonchev–Trinajstić information content (AvgIpc) is 2.70. The molecule has 1 aromatic heterocycles. The van der Waals surface area contributed by atoms with Gasteiger partial charge in [-0.1, -0.05) is 30.3 Å². The molecule has 0 saturated heterocycles. The van der Waals surface area contributed by atoms with Gasteiger partial charge in [-0.25, -0.2) is 8.42 Å². The summed E-state index contributed by atoms with van der Waals surface area (Å²) in [7, 11) is -4.38. The molecular formula is C10H9N2NaO6S. The van der Waals surface area contributed by atoms with Crippen molar-refractivity contribution in [2.45, 2.75) is 0 Å². The maximum atomic E-state index is 11.4. The summed E-state index contributed by atoms with van der Waals surface area (Å²) in [6.07, 6.45) is 0. The summed E-state index contributed by atoms with van der Waals surface area (Å²) < 4.78 is 40.7. The third kappa shape index (κ3) is 4.46. The van der Waals surface area contributed by atoms with Gasteiger partial charge in [0.1, 0.15) is 6.61 Å². The van der Waals surface area contributed by atoms with Crippen molar-refractivity contribution in [1.82, 2.24) is 5.16 Å². The van der Waals surface area contributed by atoms with Crippen molar-refractivity contribution in [3.05, 3.63) is 35.5 Å². The summed E-state index contributed by atoms with van der Waals surface area (Å²) in [6.45, 7) is -0.405. The second-order valence-corrected chi connectivity index (χ2v) is 5.08. The first kappa shape index (κ1) is 16.9. The molecule has 0 bridgehead atoms. The Bertz CT molecular complexity index is 658. The van der Waals surface area contributed by atoms with Crippen LogP contribution in [0.15, 0.2) is 35.0 Å². The van der Waals surface area contributed by atoms with E-state index < -0.39 is 22.5 Å². The number of hydrogen-bond acceptors (Lipinski definition) is 7. The fraction of sp³-hybridized carbons (Fsp3) is 0.200. The van der Waals surface area contributed by atoms with Crippen LogP contribution in [0.3, 0.4) is 0 Å². The summed E-state index contributed by atoms with van der Waals surface area (Å²) in [5.74, 6) is -0.878. The van der Waals surface area contributed by atoms with Crippen LogP contribution in [0.5, 0.6) is 5.88 Å². The Morgan fingerprint density at radius 3 is 2.55 bits per heavy atom. The Morgan fingerprint density at radius 1 is 1.30 bits per heavy atom. The molecule has 0 saturated carbocycles. The predicted molar refractivity (Wildman–Crippen MR) is 61.0 cm³/mol. The molecule has 0 spiro atoms. The van der Waals surface area contributed by atoms with E-state index in [4.69, 9.17) is 4.74 Å². The van der Waals surface area contributed by atoms with E-state index in [0.717, 1.165) is 0 Å². The van der Waals surface area contributed by atoms with E-state index in [1.165, 1.54) is 0 Å². The smallest absolute Gasteiger partial charge is 0.748 e. The zero-order chi connectivity index (χ0) is 13.9. The normalized spacial score (nSPS) is 10.8. The van der Waals surface area contributed by atoms with Gasteiger partial charge in [0.25, 0.3) is 5.69 Å².